The van der Waals surface area contributed by atoms with Crippen LogP contribution in [0.2, 0.25) is 0 Å². The largest absolute Gasteiger partial charge is 0.456 e. The highest BCUT2D eigenvalue weighted by Gasteiger charge is 2.45. The third-order valence-electron chi connectivity index (χ3n) is 12.2. The number of nitrogens with one attached hydrogen (secondary N) is 1. The number of hydrogen-bond donors (Lipinski definition) is 1. The summed E-state index contributed by atoms with van der Waals surface area (Å²) in [5.74, 6) is 0. The van der Waals surface area contributed by atoms with Crippen LogP contribution in [0.4, 0.5) is 11.4 Å². The number of para-hydroxylation sites is 1. The number of nitrogens with zero attached hydrogens (tertiary/aromatic N) is 2. The molecule has 2 aliphatic heterocycles. The summed E-state index contributed by atoms with van der Waals surface area (Å²) >= 11 is 0. The van der Waals surface area contributed by atoms with Gasteiger partial charge in [-0.1, -0.05) is 135 Å². The second-order valence-electron chi connectivity index (χ2n) is 15.5. The average Bonchev–Trinajstić information content (AvgIpc) is 3.82. The minimum Gasteiger partial charge on any atom is -0.456 e. The molecule has 0 radical (unpaired) electrons. The summed E-state index contributed by atoms with van der Waals surface area (Å²) in [6.45, 7) is 4.77. The first kappa shape index (κ1) is 30.6. The van der Waals surface area contributed by atoms with Gasteiger partial charge in [0.1, 0.15) is 17.3 Å². The molecule has 3 unspecified atom stereocenters. The molecule has 4 nitrogen and oxygen atoms in total. The van der Waals surface area contributed by atoms with Crippen LogP contribution in [0.1, 0.15) is 72.3 Å². The first-order valence-corrected chi connectivity index (χ1v) is 18.8. The van der Waals surface area contributed by atoms with Crippen LogP contribution in [0.25, 0.3) is 33.1 Å². The van der Waals surface area contributed by atoms with E-state index < -0.39 is 0 Å². The number of furan rings is 1. The van der Waals surface area contributed by atoms with Gasteiger partial charge >= 0.3 is 0 Å². The summed E-state index contributed by atoms with van der Waals surface area (Å²) in [5, 5.41) is 6.23. The van der Waals surface area contributed by atoms with Gasteiger partial charge in [0, 0.05) is 57.4 Å². The second kappa shape index (κ2) is 11.5. The van der Waals surface area contributed by atoms with Crippen molar-refractivity contribution < 1.29 is 4.42 Å². The molecule has 0 bridgehead atoms. The Labute approximate surface area is 309 Å². The van der Waals surface area contributed by atoms with E-state index in [1.54, 1.807) is 0 Å². The van der Waals surface area contributed by atoms with E-state index in [0.29, 0.717) is 0 Å². The molecule has 7 aromatic rings. The van der Waals surface area contributed by atoms with Crippen molar-refractivity contribution in [3.63, 3.8) is 0 Å². The number of anilines is 2. The smallest absolute Gasteiger partial charge is 0.137 e. The third-order valence-corrected chi connectivity index (χ3v) is 12.2. The Morgan fingerprint density at radius 2 is 1.47 bits per heavy atom. The number of allylic oxidation sites excluding steroid dienone is 2. The molecule has 1 aromatic heterocycles. The summed E-state index contributed by atoms with van der Waals surface area (Å²) in [4.78, 5) is 7.80. The maximum absolute atomic E-state index is 6.77. The zero-order valence-electron chi connectivity index (χ0n) is 29.9. The third kappa shape index (κ3) is 4.62. The fourth-order valence-corrected chi connectivity index (χ4v) is 9.70. The van der Waals surface area contributed by atoms with Crippen molar-refractivity contribution in [3.8, 4) is 0 Å². The lowest BCUT2D eigenvalue weighted by atomic mass is 9.77. The molecule has 0 saturated heterocycles. The maximum atomic E-state index is 6.77. The van der Waals surface area contributed by atoms with Crippen LogP contribution in [0.15, 0.2) is 167 Å². The van der Waals surface area contributed by atoms with Gasteiger partial charge < -0.3 is 9.32 Å². The fraction of sp³-hybridized carbons (Fsp3) is 0.163. The molecule has 0 spiro atoms. The van der Waals surface area contributed by atoms with Crippen molar-refractivity contribution in [2.24, 2.45) is 4.99 Å². The van der Waals surface area contributed by atoms with E-state index in [-0.39, 0.29) is 23.7 Å². The van der Waals surface area contributed by atoms with Crippen molar-refractivity contribution in [1.29, 1.82) is 0 Å². The van der Waals surface area contributed by atoms with Crippen molar-refractivity contribution in [2.45, 2.75) is 50.4 Å². The maximum Gasteiger partial charge on any atom is 0.137 e. The Hall–Kier alpha value is -5.97. The molecular formula is C49H39N3O. The van der Waals surface area contributed by atoms with Crippen molar-refractivity contribution in [1.82, 2.24) is 5.32 Å². The van der Waals surface area contributed by atoms with Crippen LogP contribution in [0, 0.1) is 0 Å². The molecule has 4 aliphatic rings. The van der Waals surface area contributed by atoms with Crippen molar-refractivity contribution >= 4 is 50.2 Å². The first-order valence-electron chi connectivity index (χ1n) is 18.8. The van der Waals surface area contributed by atoms with Gasteiger partial charge in [0.05, 0.1) is 6.04 Å². The Morgan fingerprint density at radius 3 is 2.32 bits per heavy atom. The summed E-state index contributed by atoms with van der Waals surface area (Å²) in [6.07, 6.45) is 4.13. The lowest BCUT2D eigenvalue weighted by Gasteiger charge is -2.32. The van der Waals surface area contributed by atoms with Crippen LogP contribution in [0.5, 0.6) is 0 Å². The molecule has 3 heterocycles. The van der Waals surface area contributed by atoms with Crippen LogP contribution in [-0.2, 0) is 5.41 Å². The van der Waals surface area contributed by atoms with E-state index in [1.807, 2.05) is 0 Å². The summed E-state index contributed by atoms with van der Waals surface area (Å²) in [6, 6.07) is 52.8. The highest BCUT2D eigenvalue weighted by Crippen LogP contribution is 2.57. The van der Waals surface area contributed by atoms with Gasteiger partial charge in [0.25, 0.3) is 0 Å². The number of benzene rings is 6. The topological polar surface area (TPSA) is 40.8 Å². The van der Waals surface area contributed by atoms with Gasteiger partial charge in [-0.3, -0.25) is 10.3 Å². The highest BCUT2D eigenvalue weighted by molar-refractivity contribution is 6.09. The molecular weight excluding hydrogens is 647 g/mol. The fourth-order valence-electron chi connectivity index (χ4n) is 9.70. The minimum absolute atomic E-state index is 0.0147. The zero-order valence-corrected chi connectivity index (χ0v) is 29.9. The van der Waals surface area contributed by atoms with Gasteiger partial charge in [-0.2, -0.15) is 0 Å². The quantitative estimate of drug-likeness (QED) is 0.200. The van der Waals surface area contributed by atoms with Crippen LogP contribution in [0.3, 0.4) is 0 Å². The molecule has 0 fully saturated rings. The Balaban J connectivity index is 1.00. The van der Waals surface area contributed by atoms with Gasteiger partial charge in [0.15, 0.2) is 0 Å². The van der Waals surface area contributed by atoms with E-state index in [9.17, 15) is 0 Å². The van der Waals surface area contributed by atoms with Crippen molar-refractivity contribution in [3.05, 3.63) is 191 Å². The monoisotopic (exact) mass is 685 g/mol. The van der Waals surface area contributed by atoms with E-state index in [4.69, 9.17) is 9.41 Å². The van der Waals surface area contributed by atoms with E-state index in [2.05, 4.69) is 176 Å². The average molecular weight is 686 g/mol. The number of rotatable bonds is 4. The number of hydrogen-bond acceptors (Lipinski definition) is 4. The van der Waals surface area contributed by atoms with E-state index in [1.165, 1.54) is 55.6 Å². The molecule has 2 aliphatic carbocycles. The van der Waals surface area contributed by atoms with E-state index in [0.717, 1.165) is 46.4 Å². The molecule has 6 aromatic carbocycles. The Kier molecular flexibility index (Phi) is 6.66. The Morgan fingerprint density at radius 1 is 0.717 bits per heavy atom. The van der Waals surface area contributed by atoms with Crippen LogP contribution in [-0.4, -0.2) is 11.8 Å². The molecule has 256 valence electrons. The number of aliphatic imine (C=N–C) groups is 1. The van der Waals surface area contributed by atoms with Gasteiger partial charge in [-0.25, -0.2) is 0 Å². The minimum atomic E-state index is -0.147. The lowest BCUT2D eigenvalue weighted by Crippen LogP contribution is -2.33. The highest BCUT2D eigenvalue weighted by atomic mass is 16.3. The van der Waals surface area contributed by atoms with E-state index >= 15 is 0 Å². The molecule has 0 amide bonds. The van der Waals surface area contributed by atoms with Gasteiger partial charge in [0.2, 0.25) is 0 Å². The normalized spacial score (nSPS) is 21.2. The second-order valence-corrected chi connectivity index (χ2v) is 15.5. The predicted octanol–water partition coefficient (Wildman–Crippen LogP) is 11.9. The SMILES string of the molecule is CC1(C)C2=C(CC3C(=C2)c2ccccc2N3c2ccc3c(c2)oc2cccc(C4CC(c5ccccc5)=NC(c5ccccc5)N4)c23)c2ccccc21. The van der Waals surface area contributed by atoms with Gasteiger partial charge in [-0.05, 0) is 75.2 Å². The summed E-state index contributed by atoms with van der Waals surface area (Å²) < 4.78 is 6.77. The Bertz CT molecular complexity index is 2700. The first-order chi connectivity index (χ1) is 26.0. The molecule has 3 atom stereocenters. The summed E-state index contributed by atoms with van der Waals surface area (Å²) in [7, 11) is 0. The van der Waals surface area contributed by atoms with Crippen LogP contribution < -0.4 is 10.2 Å². The number of fused-ring (bicyclic) bond motifs is 8. The molecule has 0 saturated carbocycles. The molecule has 1 N–H and O–H groups in total. The van der Waals surface area contributed by atoms with Gasteiger partial charge in [-0.15, -0.1) is 0 Å². The van der Waals surface area contributed by atoms with Crippen molar-refractivity contribution in [2.75, 3.05) is 4.90 Å². The van der Waals surface area contributed by atoms with Crippen LogP contribution >= 0.6 is 0 Å². The molecule has 4 heteroatoms. The molecule has 11 rings (SSSR count). The predicted molar refractivity (Wildman–Crippen MR) is 218 cm³/mol. The standard InChI is InChI=1S/C49H39N3O/c1-49(2)39-21-11-9-18-33(39)37-28-44-38(27-40(37)49)34-19-10-12-22-43(34)52(44)32-24-25-36-46(26-32)53-45-23-13-20-35(47(36)45)42-29-41(30-14-5-3-6-15-30)50-48(51-42)31-16-7-4-8-17-31/h3-27,42,44,48,51H,28-29H2,1-2H3. The lowest BCUT2D eigenvalue weighted by molar-refractivity contribution is 0.444. The summed E-state index contributed by atoms with van der Waals surface area (Å²) in [5.41, 5.74) is 17.5. The molecule has 53 heavy (non-hydrogen) atoms. The zero-order chi connectivity index (χ0) is 35.3.